The summed E-state index contributed by atoms with van der Waals surface area (Å²) >= 11 is 0. The average Bonchev–Trinajstić information content (AvgIpc) is 2.93. The predicted octanol–water partition coefficient (Wildman–Crippen LogP) is 5.79. The highest BCUT2D eigenvalue weighted by atomic mass is 19.2. The first kappa shape index (κ1) is 27.4. The van der Waals surface area contributed by atoms with Crippen LogP contribution in [-0.4, -0.2) is 32.3 Å². The Kier molecular flexibility index (Phi) is 7.35. The van der Waals surface area contributed by atoms with Crippen molar-refractivity contribution in [1.82, 2.24) is 15.3 Å². The topological polar surface area (TPSA) is 107 Å². The van der Waals surface area contributed by atoms with E-state index in [0.29, 0.717) is 33.9 Å². The maximum Gasteiger partial charge on any atom is 0.319 e. The van der Waals surface area contributed by atoms with Crippen molar-refractivity contribution in [2.75, 3.05) is 5.32 Å². The molecule has 2 aromatic carbocycles. The molecule has 4 aromatic rings. The van der Waals surface area contributed by atoms with Crippen molar-refractivity contribution in [1.29, 1.82) is 0 Å². The number of carbonyl (C=O) groups is 1. The molecule has 2 amide bonds. The molecule has 0 fully saturated rings. The number of nitrogens with one attached hydrogen (secondary N) is 2. The Balaban J connectivity index is 1.49. The molecule has 1 unspecified atom stereocenters. The standard InChI is InChI=1S/C31H30F2N4O3/c1-17-11-25(28(18-7-5-4-6-8-18)36-27(17)19-9-10-20(16-38)34-15-19)35-30(40)37-29-21-12-23(32)24(33)13-22(21)31(2,3)14-26(29)39/h4-13,15,26,29,38-39H,14,16H2,1-3H3,(H2,35,37,40)/t26-,29?/m1/s1. The molecule has 0 aliphatic heterocycles. The van der Waals surface area contributed by atoms with Gasteiger partial charge in [-0.25, -0.2) is 18.6 Å². The second-order valence-corrected chi connectivity index (χ2v) is 10.7. The van der Waals surface area contributed by atoms with Gasteiger partial charge in [0.15, 0.2) is 11.6 Å². The van der Waals surface area contributed by atoms with Gasteiger partial charge in [0.1, 0.15) is 0 Å². The lowest BCUT2D eigenvalue weighted by Crippen LogP contribution is -2.45. The van der Waals surface area contributed by atoms with Crippen LogP contribution in [-0.2, 0) is 12.0 Å². The van der Waals surface area contributed by atoms with E-state index in [9.17, 15) is 23.8 Å². The normalized spacial score (nSPS) is 17.7. The number of aliphatic hydroxyl groups excluding tert-OH is 2. The van der Waals surface area contributed by atoms with E-state index in [1.54, 1.807) is 18.3 Å². The molecule has 0 bridgehead atoms. The van der Waals surface area contributed by atoms with Crippen LogP contribution in [0.25, 0.3) is 22.5 Å². The quantitative estimate of drug-likeness (QED) is 0.254. The number of nitrogens with zero attached hydrogens (tertiary/aromatic N) is 2. The molecule has 40 heavy (non-hydrogen) atoms. The van der Waals surface area contributed by atoms with Gasteiger partial charge < -0.3 is 20.8 Å². The molecule has 0 saturated heterocycles. The first-order chi connectivity index (χ1) is 19.1. The van der Waals surface area contributed by atoms with E-state index in [2.05, 4.69) is 15.6 Å². The van der Waals surface area contributed by atoms with Crippen molar-refractivity contribution in [3.63, 3.8) is 0 Å². The number of rotatable bonds is 5. The number of hydrogen-bond acceptors (Lipinski definition) is 5. The van der Waals surface area contributed by atoms with Crippen molar-refractivity contribution >= 4 is 11.7 Å². The van der Waals surface area contributed by atoms with Gasteiger partial charge in [0, 0.05) is 17.3 Å². The molecule has 4 N–H and O–H groups in total. The highest BCUT2D eigenvalue weighted by Crippen LogP contribution is 2.42. The summed E-state index contributed by atoms with van der Waals surface area (Å²) in [5.41, 5.74) is 4.70. The van der Waals surface area contributed by atoms with E-state index in [1.165, 1.54) is 0 Å². The Morgan fingerprint density at radius 3 is 2.42 bits per heavy atom. The zero-order valence-electron chi connectivity index (χ0n) is 22.4. The molecule has 0 spiro atoms. The Bertz CT molecular complexity index is 1560. The van der Waals surface area contributed by atoms with E-state index >= 15 is 0 Å². The zero-order valence-corrected chi connectivity index (χ0v) is 22.4. The third-order valence-electron chi connectivity index (χ3n) is 7.32. The number of aliphatic hydroxyl groups is 2. The predicted molar refractivity (Wildman–Crippen MR) is 148 cm³/mol. The Morgan fingerprint density at radius 2 is 1.75 bits per heavy atom. The first-order valence-corrected chi connectivity index (χ1v) is 13.0. The lowest BCUT2D eigenvalue weighted by Gasteiger charge is -2.40. The number of fused-ring (bicyclic) bond motifs is 1. The van der Waals surface area contributed by atoms with Gasteiger partial charge in [-0.3, -0.25) is 4.98 Å². The maximum absolute atomic E-state index is 14.2. The molecule has 2 heterocycles. The van der Waals surface area contributed by atoms with Crippen LogP contribution in [0.3, 0.4) is 0 Å². The molecule has 2 aromatic heterocycles. The number of anilines is 1. The molecule has 1 aliphatic carbocycles. The lowest BCUT2D eigenvalue weighted by atomic mass is 9.69. The zero-order chi connectivity index (χ0) is 28.6. The van der Waals surface area contributed by atoms with Gasteiger partial charge in [-0.05, 0) is 65.8 Å². The third-order valence-corrected chi connectivity index (χ3v) is 7.32. The van der Waals surface area contributed by atoms with Crippen LogP contribution in [0.2, 0.25) is 0 Å². The summed E-state index contributed by atoms with van der Waals surface area (Å²) in [7, 11) is 0. The molecule has 2 atom stereocenters. The van der Waals surface area contributed by atoms with Crippen LogP contribution in [0.5, 0.6) is 0 Å². The van der Waals surface area contributed by atoms with Crippen molar-refractivity contribution in [2.24, 2.45) is 0 Å². The van der Waals surface area contributed by atoms with Gasteiger partial charge >= 0.3 is 6.03 Å². The number of hydrogen-bond donors (Lipinski definition) is 4. The highest BCUT2D eigenvalue weighted by molar-refractivity contribution is 5.94. The van der Waals surface area contributed by atoms with Crippen LogP contribution in [0.15, 0.2) is 66.9 Å². The second kappa shape index (κ2) is 10.7. The minimum atomic E-state index is -1.04. The number of amides is 2. The molecule has 9 heteroatoms. The number of halogens is 2. The highest BCUT2D eigenvalue weighted by Gasteiger charge is 2.40. The summed E-state index contributed by atoms with van der Waals surface area (Å²) in [6.07, 6.45) is 0.883. The number of benzene rings is 2. The largest absolute Gasteiger partial charge is 0.391 e. The number of carbonyl (C=O) groups excluding carboxylic acids is 1. The van der Waals surface area contributed by atoms with Crippen molar-refractivity contribution in [2.45, 2.75) is 51.4 Å². The van der Waals surface area contributed by atoms with Gasteiger partial charge in [-0.2, -0.15) is 0 Å². The molecule has 7 nitrogen and oxygen atoms in total. The SMILES string of the molecule is Cc1cc(NC(=O)NC2c3cc(F)c(F)cc3C(C)(C)C[C@H]2O)c(-c2ccccc2)nc1-c1ccc(CO)nc1. The summed E-state index contributed by atoms with van der Waals surface area (Å²) in [4.78, 5) is 22.4. The number of aromatic nitrogens is 2. The Labute approximate surface area is 231 Å². The van der Waals surface area contributed by atoms with Gasteiger partial charge in [0.2, 0.25) is 0 Å². The van der Waals surface area contributed by atoms with E-state index < -0.39 is 35.2 Å². The smallest absolute Gasteiger partial charge is 0.319 e. The van der Waals surface area contributed by atoms with E-state index in [-0.39, 0.29) is 13.0 Å². The lowest BCUT2D eigenvalue weighted by molar-refractivity contribution is 0.0878. The van der Waals surface area contributed by atoms with Gasteiger partial charge in [-0.15, -0.1) is 0 Å². The third kappa shape index (κ3) is 5.30. The summed E-state index contributed by atoms with van der Waals surface area (Å²) in [5, 5.41) is 25.9. The average molecular weight is 545 g/mol. The monoisotopic (exact) mass is 544 g/mol. The van der Waals surface area contributed by atoms with Crippen LogP contribution >= 0.6 is 0 Å². The fraction of sp³-hybridized carbons (Fsp3) is 0.258. The summed E-state index contributed by atoms with van der Waals surface area (Å²) in [5.74, 6) is -2.01. The van der Waals surface area contributed by atoms with Crippen LogP contribution in [0.1, 0.15) is 48.7 Å². The molecule has 1 aliphatic rings. The number of urea groups is 1. The molecule has 0 radical (unpaired) electrons. The molecule has 206 valence electrons. The van der Waals surface area contributed by atoms with Gasteiger partial charge in [0.25, 0.3) is 0 Å². The summed E-state index contributed by atoms with van der Waals surface area (Å²) in [6, 6.07) is 15.3. The summed E-state index contributed by atoms with van der Waals surface area (Å²) < 4.78 is 28.3. The number of aryl methyl sites for hydroxylation is 1. The Hall–Kier alpha value is -4.21. The first-order valence-electron chi connectivity index (χ1n) is 13.0. The fourth-order valence-corrected chi connectivity index (χ4v) is 5.31. The number of pyridine rings is 2. The Morgan fingerprint density at radius 1 is 1.02 bits per heavy atom. The van der Waals surface area contributed by atoms with Crippen molar-refractivity contribution < 1.29 is 23.8 Å². The molecular weight excluding hydrogens is 514 g/mol. The van der Waals surface area contributed by atoms with E-state index in [0.717, 1.165) is 28.8 Å². The molecular formula is C31H30F2N4O3. The van der Waals surface area contributed by atoms with Crippen LogP contribution in [0.4, 0.5) is 19.3 Å². The van der Waals surface area contributed by atoms with Crippen LogP contribution in [0, 0.1) is 18.6 Å². The van der Waals surface area contributed by atoms with Crippen LogP contribution < -0.4 is 10.6 Å². The molecule has 0 saturated carbocycles. The minimum absolute atomic E-state index is 0.167. The van der Waals surface area contributed by atoms with Crippen molar-refractivity contribution in [3.8, 4) is 22.5 Å². The van der Waals surface area contributed by atoms with Crippen molar-refractivity contribution in [3.05, 3.63) is 101 Å². The van der Waals surface area contributed by atoms with Gasteiger partial charge in [-0.1, -0.05) is 44.2 Å². The molecule has 5 rings (SSSR count). The maximum atomic E-state index is 14.2. The second-order valence-electron chi connectivity index (χ2n) is 10.7. The van der Waals surface area contributed by atoms with E-state index in [1.807, 2.05) is 57.2 Å². The van der Waals surface area contributed by atoms with E-state index in [4.69, 9.17) is 4.98 Å². The minimum Gasteiger partial charge on any atom is -0.391 e. The fourth-order valence-electron chi connectivity index (χ4n) is 5.31. The van der Waals surface area contributed by atoms with Gasteiger partial charge in [0.05, 0.1) is 41.5 Å². The summed E-state index contributed by atoms with van der Waals surface area (Å²) in [6.45, 7) is 5.38.